The highest BCUT2D eigenvalue weighted by atomic mass is 16.2. The zero-order chi connectivity index (χ0) is 31.0. The van der Waals surface area contributed by atoms with Gasteiger partial charge in [-0.05, 0) is 48.2 Å². The van der Waals surface area contributed by atoms with Crippen LogP contribution in [0.1, 0.15) is 63.7 Å². The van der Waals surface area contributed by atoms with Gasteiger partial charge in [-0.2, -0.15) is 0 Å². The van der Waals surface area contributed by atoms with Gasteiger partial charge in [0, 0.05) is 34.6 Å². The molecule has 1 aliphatic rings. The molecule has 0 fully saturated rings. The largest absolute Gasteiger partial charge is 0.343 e. The van der Waals surface area contributed by atoms with Crippen molar-refractivity contribution in [2.75, 3.05) is 0 Å². The Morgan fingerprint density at radius 3 is 2.23 bits per heavy atom. The van der Waals surface area contributed by atoms with E-state index in [2.05, 4.69) is 58.7 Å². The number of carbonyl (C=O) groups is 3. The summed E-state index contributed by atoms with van der Waals surface area (Å²) in [6.45, 7) is 6.04. The second kappa shape index (κ2) is 11.8. The second-order valence-electron chi connectivity index (χ2n) is 11.5. The number of rotatable bonds is 7. The van der Waals surface area contributed by atoms with E-state index < -0.39 is 23.9 Å². The Morgan fingerprint density at radius 1 is 0.841 bits per heavy atom. The Kier molecular flexibility index (Phi) is 7.78. The van der Waals surface area contributed by atoms with E-state index in [-0.39, 0.29) is 11.8 Å². The zero-order valence-electron chi connectivity index (χ0n) is 25.4. The maximum Gasteiger partial charge on any atom is 0.269 e. The van der Waals surface area contributed by atoms with Crippen LogP contribution in [-0.2, 0) is 11.8 Å². The fraction of sp³-hybridized carbons (Fsp3) is 0.216. The maximum absolute atomic E-state index is 14.4. The molecule has 1 aliphatic heterocycles. The highest BCUT2D eigenvalue weighted by Crippen LogP contribution is 2.48. The monoisotopic (exact) mass is 584 g/mol. The Bertz CT molecular complexity index is 1860. The SMILES string of the molecule is CCC(C)C(C(=O)NNC(=O)c1ccccc1)N1C(=O)c2ccccc2C1c1c(-c2ccc(C)cc2)n(C)c2ccccc12. The van der Waals surface area contributed by atoms with Gasteiger partial charge in [-0.25, -0.2) is 0 Å². The Morgan fingerprint density at radius 2 is 1.50 bits per heavy atom. The summed E-state index contributed by atoms with van der Waals surface area (Å²) >= 11 is 0. The first-order chi connectivity index (χ1) is 21.3. The molecule has 1 aromatic heterocycles. The molecule has 0 spiro atoms. The number of benzene rings is 4. The fourth-order valence-corrected chi connectivity index (χ4v) is 6.41. The van der Waals surface area contributed by atoms with Crippen molar-refractivity contribution >= 4 is 28.6 Å². The number of carbonyl (C=O) groups excluding carboxylic acids is 3. The lowest BCUT2D eigenvalue weighted by Crippen LogP contribution is -2.55. The average molecular weight is 585 g/mol. The van der Waals surface area contributed by atoms with E-state index in [0.29, 0.717) is 17.5 Å². The third kappa shape index (κ3) is 4.94. The van der Waals surface area contributed by atoms with Crippen LogP contribution in [0, 0.1) is 12.8 Å². The van der Waals surface area contributed by atoms with Crippen LogP contribution in [0.2, 0.25) is 0 Å². The van der Waals surface area contributed by atoms with Gasteiger partial charge in [-0.3, -0.25) is 25.2 Å². The van der Waals surface area contributed by atoms with Crippen molar-refractivity contribution < 1.29 is 14.4 Å². The number of hydrogen-bond acceptors (Lipinski definition) is 3. The summed E-state index contributed by atoms with van der Waals surface area (Å²) in [6.07, 6.45) is 0.651. The number of aryl methyl sites for hydroxylation is 2. The molecule has 0 saturated carbocycles. The molecule has 0 bridgehead atoms. The van der Waals surface area contributed by atoms with Crippen LogP contribution in [0.25, 0.3) is 22.2 Å². The lowest BCUT2D eigenvalue weighted by molar-refractivity contribution is -0.128. The smallest absolute Gasteiger partial charge is 0.269 e. The molecule has 2 heterocycles. The first-order valence-corrected chi connectivity index (χ1v) is 15.0. The second-order valence-corrected chi connectivity index (χ2v) is 11.5. The molecule has 44 heavy (non-hydrogen) atoms. The first-order valence-electron chi connectivity index (χ1n) is 15.0. The van der Waals surface area contributed by atoms with Gasteiger partial charge >= 0.3 is 0 Å². The summed E-state index contributed by atoms with van der Waals surface area (Å²) < 4.78 is 2.18. The minimum atomic E-state index is -0.856. The van der Waals surface area contributed by atoms with Crippen LogP contribution in [-0.4, -0.2) is 33.2 Å². The molecule has 4 aromatic carbocycles. The summed E-state index contributed by atoms with van der Waals surface area (Å²) in [5.41, 5.74) is 12.3. The minimum absolute atomic E-state index is 0.205. The first kappa shape index (κ1) is 28.9. The van der Waals surface area contributed by atoms with E-state index in [1.807, 2.05) is 63.4 Å². The van der Waals surface area contributed by atoms with E-state index >= 15 is 0 Å². The standard InChI is InChI=1S/C37H36N4O3/c1-5-24(3)32(36(43)39-38-35(42)26-13-7-6-8-14-26)41-34(27-15-9-10-16-28(27)37(41)44)31-29-17-11-12-18-30(29)40(4)33(31)25-21-19-23(2)20-22-25/h6-22,24,32,34H,5H2,1-4H3,(H,38,42)(H,39,43). The summed E-state index contributed by atoms with van der Waals surface area (Å²) in [4.78, 5) is 43.0. The number of amides is 3. The molecule has 222 valence electrons. The van der Waals surface area contributed by atoms with Gasteiger partial charge in [0.2, 0.25) is 0 Å². The van der Waals surface area contributed by atoms with Crippen molar-refractivity contribution in [3.63, 3.8) is 0 Å². The molecule has 3 amide bonds. The number of hydrogen-bond donors (Lipinski definition) is 2. The molecule has 7 nitrogen and oxygen atoms in total. The van der Waals surface area contributed by atoms with Crippen LogP contribution in [0.4, 0.5) is 0 Å². The van der Waals surface area contributed by atoms with E-state index in [1.54, 1.807) is 29.2 Å². The van der Waals surface area contributed by atoms with Gasteiger partial charge in [0.15, 0.2) is 0 Å². The highest BCUT2D eigenvalue weighted by molar-refractivity contribution is 6.05. The van der Waals surface area contributed by atoms with Crippen LogP contribution in [0.3, 0.4) is 0 Å². The van der Waals surface area contributed by atoms with Crippen molar-refractivity contribution in [3.8, 4) is 11.3 Å². The van der Waals surface area contributed by atoms with Gasteiger partial charge in [-0.1, -0.05) is 105 Å². The molecule has 0 saturated heterocycles. The van der Waals surface area contributed by atoms with E-state index in [4.69, 9.17) is 0 Å². The minimum Gasteiger partial charge on any atom is -0.343 e. The third-order valence-corrected chi connectivity index (χ3v) is 8.83. The van der Waals surface area contributed by atoms with Crippen molar-refractivity contribution in [3.05, 3.63) is 131 Å². The van der Waals surface area contributed by atoms with Crippen LogP contribution in [0.5, 0.6) is 0 Å². The Labute approximate surface area is 257 Å². The Balaban J connectivity index is 1.51. The van der Waals surface area contributed by atoms with Gasteiger partial charge in [0.25, 0.3) is 17.7 Å². The summed E-state index contributed by atoms with van der Waals surface area (Å²) in [7, 11) is 2.05. The molecule has 5 aromatic rings. The van der Waals surface area contributed by atoms with Crippen molar-refractivity contribution in [1.29, 1.82) is 0 Å². The molecular weight excluding hydrogens is 548 g/mol. The zero-order valence-corrected chi connectivity index (χ0v) is 25.4. The van der Waals surface area contributed by atoms with Crippen molar-refractivity contribution in [2.24, 2.45) is 13.0 Å². The maximum atomic E-state index is 14.4. The van der Waals surface area contributed by atoms with Gasteiger partial charge in [0.1, 0.15) is 6.04 Å². The van der Waals surface area contributed by atoms with Gasteiger partial charge in [0.05, 0.1) is 11.7 Å². The van der Waals surface area contributed by atoms with Crippen LogP contribution in [0.15, 0.2) is 103 Å². The molecule has 3 atom stereocenters. The number of aromatic nitrogens is 1. The summed E-state index contributed by atoms with van der Waals surface area (Å²) in [5.74, 6) is -1.28. The van der Waals surface area contributed by atoms with E-state index in [9.17, 15) is 14.4 Å². The summed E-state index contributed by atoms with van der Waals surface area (Å²) in [5, 5.41) is 1.02. The van der Waals surface area contributed by atoms with Crippen LogP contribution >= 0.6 is 0 Å². The fourth-order valence-electron chi connectivity index (χ4n) is 6.41. The predicted octanol–water partition coefficient (Wildman–Crippen LogP) is 6.57. The van der Waals surface area contributed by atoms with E-state index in [0.717, 1.165) is 38.9 Å². The molecule has 3 unspecified atom stereocenters. The van der Waals surface area contributed by atoms with Crippen molar-refractivity contribution in [2.45, 2.75) is 39.3 Å². The van der Waals surface area contributed by atoms with Crippen LogP contribution < -0.4 is 10.9 Å². The molecule has 0 radical (unpaired) electrons. The topological polar surface area (TPSA) is 83.4 Å². The molecular formula is C37H36N4O3. The molecule has 6 rings (SSSR count). The number of para-hydroxylation sites is 1. The lowest BCUT2D eigenvalue weighted by Gasteiger charge is -2.36. The lowest BCUT2D eigenvalue weighted by atomic mass is 9.90. The number of nitrogens with one attached hydrogen (secondary N) is 2. The van der Waals surface area contributed by atoms with Gasteiger partial charge in [-0.15, -0.1) is 0 Å². The predicted molar refractivity (Wildman–Crippen MR) is 173 cm³/mol. The number of fused-ring (bicyclic) bond motifs is 2. The van der Waals surface area contributed by atoms with E-state index in [1.165, 1.54) is 0 Å². The average Bonchev–Trinajstić information content (AvgIpc) is 3.50. The third-order valence-electron chi connectivity index (χ3n) is 8.83. The normalized spacial score (nSPS) is 15.6. The van der Waals surface area contributed by atoms with Crippen molar-refractivity contribution in [1.82, 2.24) is 20.3 Å². The molecule has 0 aliphatic carbocycles. The number of nitrogens with zero attached hydrogens (tertiary/aromatic N) is 2. The number of hydrazine groups is 1. The van der Waals surface area contributed by atoms with Gasteiger partial charge < -0.3 is 9.47 Å². The Hall–Kier alpha value is -5.17. The molecule has 7 heteroatoms. The molecule has 2 N–H and O–H groups in total. The highest BCUT2D eigenvalue weighted by Gasteiger charge is 2.47. The quantitative estimate of drug-likeness (QED) is 0.212. The summed E-state index contributed by atoms with van der Waals surface area (Å²) in [6, 6.07) is 31.5.